The summed E-state index contributed by atoms with van der Waals surface area (Å²) in [6.07, 6.45) is 1.67. The number of rotatable bonds is 3. The smallest absolute Gasteiger partial charge is 0.258 e. The molecule has 1 heterocycles. The molecule has 0 aliphatic carbocycles. The van der Waals surface area contributed by atoms with Gasteiger partial charge in [-0.2, -0.15) is 5.26 Å². The SMILES string of the molecule is Cc1csc(C(C#N)=Cc2ccc([N+](=O)[O-])cc2)n1. The Morgan fingerprint density at radius 2 is 2.16 bits per heavy atom. The average molecular weight is 271 g/mol. The number of nitro groups is 1. The number of nitrogens with zero attached hydrogens (tertiary/aromatic N) is 3. The summed E-state index contributed by atoms with van der Waals surface area (Å²) in [7, 11) is 0. The summed E-state index contributed by atoms with van der Waals surface area (Å²) in [5.41, 5.74) is 2.08. The van der Waals surface area contributed by atoms with Crippen LogP contribution < -0.4 is 0 Å². The molecule has 0 spiro atoms. The van der Waals surface area contributed by atoms with Gasteiger partial charge in [0, 0.05) is 23.2 Å². The molecular weight excluding hydrogens is 262 g/mol. The first kappa shape index (κ1) is 12.9. The van der Waals surface area contributed by atoms with E-state index in [-0.39, 0.29) is 5.69 Å². The number of nitriles is 1. The predicted octanol–water partition coefficient (Wildman–Crippen LogP) is 3.42. The molecule has 0 aliphatic rings. The van der Waals surface area contributed by atoms with Crippen molar-refractivity contribution in [2.24, 2.45) is 0 Å². The molecule has 0 bridgehead atoms. The van der Waals surface area contributed by atoms with E-state index < -0.39 is 4.92 Å². The number of nitro benzene ring substituents is 1. The summed E-state index contributed by atoms with van der Waals surface area (Å²) in [4.78, 5) is 14.3. The first-order valence-electron chi connectivity index (χ1n) is 5.39. The van der Waals surface area contributed by atoms with Crippen molar-refractivity contribution in [2.75, 3.05) is 0 Å². The maximum Gasteiger partial charge on any atom is 0.269 e. The zero-order valence-electron chi connectivity index (χ0n) is 10.0. The van der Waals surface area contributed by atoms with Gasteiger partial charge in [0.05, 0.1) is 10.5 Å². The lowest BCUT2D eigenvalue weighted by Gasteiger charge is -1.96. The fourth-order valence-electron chi connectivity index (χ4n) is 1.48. The Kier molecular flexibility index (Phi) is 3.68. The quantitative estimate of drug-likeness (QED) is 0.486. The molecule has 19 heavy (non-hydrogen) atoms. The summed E-state index contributed by atoms with van der Waals surface area (Å²) < 4.78 is 0. The van der Waals surface area contributed by atoms with Crippen LogP contribution in [0.5, 0.6) is 0 Å². The van der Waals surface area contributed by atoms with Crippen LogP contribution in [0.25, 0.3) is 11.6 Å². The highest BCUT2D eigenvalue weighted by Gasteiger charge is 2.07. The zero-order valence-corrected chi connectivity index (χ0v) is 10.8. The number of allylic oxidation sites excluding steroid dienone is 1. The van der Waals surface area contributed by atoms with E-state index in [1.54, 1.807) is 18.2 Å². The molecular formula is C13H9N3O2S. The molecule has 0 N–H and O–H groups in total. The molecule has 0 saturated carbocycles. The van der Waals surface area contributed by atoms with Crippen LogP contribution in [0.3, 0.4) is 0 Å². The first-order valence-corrected chi connectivity index (χ1v) is 6.27. The van der Waals surface area contributed by atoms with E-state index in [1.165, 1.54) is 23.5 Å². The van der Waals surface area contributed by atoms with E-state index in [9.17, 15) is 10.1 Å². The topological polar surface area (TPSA) is 79.8 Å². The van der Waals surface area contributed by atoms with Gasteiger partial charge in [-0.15, -0.1) is 11.3 Å². The number of benzene rings is 1. The van der Waals surface area contributed by atoms with E-state index in [0.717, 1.165) is 11.3 Å². The van der Waals surface area contributed by atoms with E-state index in [1.807, 2.05) is 12.3 Å². The molecule has 5 nitrogen and oxygen atoms in total. The maximum absolute atomic E-state index is 10.5. The van der Waals surface area contributed by atoms with Gasteiger partial charge in [-0.05, 0) is 30.7 Å². The van der Waals surface area contributed by atoms with Gasteiger partial charge in [0.15, 0.2) is 0 Å². The van der Waals surface area contributed by atoms with Crippen LogP contribution in [0.15, 0.2) is 29.6 Å². The molecule has 94 valence electrons. The van der Waals surface area contributed by atoms with Crippen molar-refractivity contribution < 1.29 is 4.92 Å². The summed E-state index contributed by atoms with van der Waals surface area (Å²) in [5, 5.41) is 22.2. The Balaban J connectivity index is 2.33. The van der Waals surface area contributed by atoms with E-state index >= 15 is 0 Å². The van der Waals surface area contributed by atoms with E-state index in [4.69, 9.17) is 5.26 Å². The van der Waals surface area contributed by atoms with Crippen molar-refractivity contribution in [1.29, 1.82) is 5.26 Å². The molecule has 0 saturated heterocycles. The number of non-ortho nitro benzene ring substituents is 1. The Morgan fingerprint density at radius 3 is 2.63 bits per heavy atom. The largest absolute Gasteiger partial charge is 0.269 e. The van der Waals surface area contributed by atoms with Gasteiger partial charge >= 0.3 is 0 Å². The standard InChI is InChI=1S/C13H9N3O2S/c1-9-8-19-13(15-9)11(7-14)6-10-2-4-12(5-3-10)16(17)18/h2-6,8H,1H3. The van der Waals surface area contributed by atoms with E-state index in [2.05, 4.69) is 11.1 Å². The maximum atomic E-state index is 10.5. The molecule has 0 fully saturated rings. The molecule has 0 aliphatic heterocycles. The van der Waals surface area contributed by atoms with Gasteiger partial charge in [-0.3, -0.25) is 10.1 Å². The predicted molar refractivity (Wildman–Crippen MR) is 73.4 cm³/mol. The van der Waals surface area contributed by atoms with Crippen LogP contribution >= 0.6 is 11.3 Å². The van der Waals surface area contributed by atoms with Crippen LogP contribution in [0, 0.1) is 28.4 Å². The Morgan fingerprint density at radius 1 is 1.47 bits per heavy atom. The minimum absolute atomic E-state index is 0.0285. The highest BCUT2D eigenvalue weighted by Crippen LogP contribution is 2.22. The van der Waals surface area contributed by atoms with Crippen molar-refractivity contribution in [3.63, 3.8) is 0 Å². The van der Waals surface area contributed by atoms with Gasteiger partial charge in [-0.1, -0.05) is 0 Å². The van der Waals surface area contributed by atoms with Crippen LogP contribution in [0.1, 0.15) is 16.3 Å². The number of hydrogen-bond acceptors (Lipinski definition) is 5. The molecule has 1 aromatic carbocycles. The minimum atomic E-state index is -0.455. The summed E-state index contributed by atoms with van der Waals surface area (Å²) in [6.45, 7) is 1.86. The van der Waals surface area contributed by atoms with Crippen LogP contribution in [-0.2, 0) is 0 Å². The first-order chi connectivity index (χ1) is 9.10. The summed E-state index contributed by atoms with van der Waals surface area (Å²) >= 11 is 1.40. The lowest BCUT2D eigenvalue weighted by atomic mass is 10.1. The third-order valence-electron chi connectivity index (χ3n) is 2.38. The average Bonchev–Trinajstić information content (AvgIpc) is 2.83. The molecule has 1 aromatic heterocycles. The normalized spacial score (nSPS) is 11.1. The van der Waals surface area contributed by atoms with Gasteiger partial charge < -0.3 is 0 Å². The third kappa shape index (κ3) is 3.03. The molecule has 2 rings (SSSR count). The fourth-order valence-corrected chi connectivity index (χ4v) is 2.24. The van der Waals surface area contributed by atoms with Crippen molar-refractivity contribution >= 4 is 28.7 Å². The lowest BCUT2D eigenvalue weighted by molar-refractivity contribution is -0.384. The molecule has 0 atom stereocenters. The summed E-state index contributed by atoms with van der Waals surface area (Å²) in [6, 6.07) is 8.13. The molecule has 2 aromatic rings. The zero-order chi connectivity index (χ0) is 13.8. The molecule has 6 heteroatoms. The van der Waals surface area contributed by atoms with Crippen molar-refractivity contribution in [1.82, 2.24) is 4.98 Å². The van der Waals surface area contributed by atoms with Crippen LogP contribution in [0.4, 0.5) is 5.69 Å². The summed E-state index contributed by atoms with van der Waals surface area (Å²) in [5.74, 6) is 0. The Bertz CT molecular complexity index is 681. The number of thiazole rings is 1. The Labute approximate surface area is 113 Å². The molecule has 0 unspecified atom stereocenters. The van der Waals surface area contributed by atoms with Crippen molar-refractivity contribution in [2.45, 2.75) is 6.92 Å². The number of aromatic nitrogens is 1. The highest BCUT2D eigenvalue weighted by atomic mass is 32.1. The van der Waals surface area contributed by atoms with Gasteiger partial charge in [0.1, 0.15) is 11.1 Å². The van der Waals surface area contributed by atoms with Crippen molar-refractivity contribution in [3.05, 3.63) is 56.0 Å². The molecule has 0 amide bonds. The highest BCUT2D eigenvalue weighted by molar-refractivity contribution is 7.11. The Hall–Kier alpha value is -2.52. The van der Waals surface area contributed by atoms with Crippen LogP contribution in [-0.4, -0.2) is 9.91 Å². The number of hydrogen-bond donors (Lipinski definition) is 0. The van der Waals surface area contributed by atoms with Gasteiger partial charge in [0.2, 0.25) is 0 Å². The fraction of sp³-hybridized carbons (Fsp3) is 0.0769. The van der Waals surface area contributed by atoms with Gasteiger partial charge in [-0.25, -0.2) is 4.98 Å². The monoisotopic (exact) mass is 271 g/mol. The second-order valence-electron chi connectivity index (χ2n) is 3.81. The van der Waals surface area contributed by atoms with Crippen molar-refractivity contribution in [3.8, 4) is 6.07 Å². The molecule has 0 radical (unpaired) electrons. The lowest BCUT2D eigenvalue weighted by Crippen LogP contribution is -1.87. The van der Waals surface area contributed by atoms with Gasteiger partial charge in [0.25, 0.3) is 5.69 Å². The number of aryl methyl sites for hydroxylation is 1. The second kappa shape index (κ2) is 5.42. The van der Waals surface area contributed by atoms with E-state index in [0.29, 0.717) is 10.6 Å². The second-order valence-corrected chi connectivity index (χ2v) is 4.67. The minimum Gasteiger partial charge on any atom is -0.258 e. The van der Waals surface area contributed by atoms with Crippen LogP contribution in [0.2, 0.25) is 0 Å². The third-order valence-corrected chi connectivity index (χ3v) is 3.38.